The van der Waals surface area contributed by atoms with Crippen LogP contribution in [-0.4, -0.2) is 29.1 Å². The van der Waals surface area contributed by atoms with E-state index in [-0.39, 0.29) is 42.1 Å². The van der Waals surface area contributed by atoms with E-state index in [0.717, 1.165) is 32.1 Å². The summed E-state index contributed by atoms with van der Waals surface area (Å²) in [6.07, 6.45) is 7.43. The Morgan fingerprint density at radius 1 is 0.970 bits per heavy atom. The van der Waals surface area contributed by atoms with Crippen molar-refractivity contribution in [3.63, 3.8) is 0 Å². The van der Waals surface area contributed by atoms with Gasteiger partial charge in [-0.05, 0) is 52.7 Å². The Hall–Kier alpha value is -1.43. The van der Waals surface area contributed by atoms with Gasteiger partial charge in [0.25, 0.3) is 0 Å². The smallest absolute Gasteiger partial charge is 0.329 e. The Balaban J connectivity index is 0.0000102. The highest BCUT2D eigenvalue weighted by Gasteiger charge is 2.42. The molecule has 0 heterocycles. The number of rotatable bonds is 13. The molecule has 1 aromatic rings. The number of hydrogen-bond acceptors (Lipinski definition) is 3. The largest absolute Gasteiger partial charge is 1.00 e. The molecule has 0 bridgehead atoms. The fourth-order valence-corrected chi connectivity index (χ4v) is 3.90. The third kappa shape index (κ3) is 12.6. The molecule has 188 valence electrons. The van der Waals surface area contributed by atoms with Crippen molar-refractivity contribution in [1.82, 2.24) is 0 Å². The normalized spacial score (nSPS) is 14.0. The number of unbranched alkanes of at least 4 members (excludes halogenated alkanes) is 4. The lowest BCUT2D eigenvalue weighted by molar-refractivity contribution is -0.774. The number of amides is 3. The zero-order chi connectivity index (χ0) is 24.1. The average Bonchev–Trinajstić information content (AvgIpc) is 2.71. The zero-order valence-corrected chi connectivity index (χ0v) is 22.4. The number of para-hydroxylation sites is 1. The second-order valence-electron chi connectivity index (χ2n) is 9.76. The number of imide groups is 1. The van der Waals surface area contributed by atoms with Crippen LogP contribution in [0.2, 0.25) is 0 Å². The second kappa shape index (κ2) is 16.2. The number of halogens is 2. The summed E-state index contributed by atoms with van der Waals surface area (Å²) < 4.78 is 0. The molecule has 0 aromatic heterocycles. The van der Waals surface area contributed by atoms with Crippen LogP contribution in [0.3, 0.4) is 0 Å². The first-order chi connectivity index (χ1) is 15.1. The summed E-state index contributed by atoms with van der Waals surface area (Å²) in [5.74, 6) is -0.914. The second-order valence-corrected chi connectivity index (χ2v) is 10.5. The van der Waals surface area contributed by atoms with Gasteiger partial charge in [0.2, 0.25) is 5.91 Å². The van der Waals surface area contributed by atoms with Crippen LogP contribution in [-0.2, 0) is 14.4 Å². The highest BCUT2D eigenvalue weighted by atomic mass is 35.5. The Kier molecular flexibility index (Phi) is 15.5. The molecule has 0 spiro atoms. The van der Waals surface area contributed by atoms with Gasteiger partial charge < -0.3 is 17.7 Å². The Bertz CT molecular complexity index is 718. The van der Waals surface area contributed by atoms with Crippen molar-refractivity contribution in [2.24, 2.45) is 5.41 Å². The summed E-state index contributed by atoms with van der Waals surface area (Å²) in [7, 11) is 0. The summed E-state index contributed by atoms with van der Waals surface area (Å²) in [5, 5.41) is 2.73. The molecule has 1 aromatic carbocycles. The van der Waals surface area contributed by atoms with E-state index in [9.17, 15) is 14.4 Å². The lowest BCUT2D eigenvalue weighted by Gasteiger charge is -2.29. The highest BCUT2D eigenvalue weighted by molar-refractivity contribution is 6.20. The lowest BCUT2D eigenvalue weighted by Crippen LogP contribution is -3.21. The van der Waals surface area contributed by atoms with Gasteiger partial charge in [0.1, 0.15) is 12.5 Å². The quantitative estimate of drug-likeness (QED) is 0.247. The summed E-state index contributed by atoms with van der Waals surface area (Å²) in [4.78, 5) is 39.5. The van der Waals surface area contributed by atoms with Crippen molar-refractivity contribution >= 4 is 35.0 Å². The first kappa shape index (κ1) is 31.6. The van der Waals surface area contributed by atoms with Crippen molar-refractivity contribution < 1.29 is 31.7 Å². The van der Waals surface area contributed by atoms with Gasteiger partial charge in [-0.15, -0.1) is 11.6 Å². The standard InChI is InChI=1S/C26H41ClN2O3.ClH/c1-6-7-8-9-13-16-22(18-17-20(2)27)29(25(32)26(3,4)5)24(31)19-23(30)28-21-14-11-10-12-15-21;/h10-12,14-15,20,22H,6-9,13,16-19H2,1-5H3,(H,28,30);1H. The maximum Gasteiger partial charge on any atom is 0.329 e. The fourth-order valence-electron chi connectivity index (χ4n) is 3.77. The molecule has 0 aliphatic heterocycles. The van der Waals surface area contributed by atoms with Crippen LogP contribution in [0, 0.1) is 5.41 Å². The predicted molar refractivity (Wildman–Crippen MR) is 132 cm³/mol. The fraction of sp³-hybridized carbons (Fsp3) is 0.654. The molecule has 2 N–H and O–H groups in total. The summed E-state index contributed by atoms with van der Waals surface area (Å²) in [5.41, 5.74) is -0.0501. The maximum absolute atomic E-state index is 13.3. The van der Waals surface area contributed by atoms with Crippen molar-refractivity contribution in [2.75, 3.05) is 5.32 Å². The number of anilines is 1. The van der Waals surface area contributed by atoms with Crippen LogP contribution in [0.1, 0.15) is 92.4 Å². The average molecular weight is 502 g/mol. The van der Waals surface area contributed by atoms with Crippen LogP contribution in [0.4, 0.5) is 5.69 Å². The van der Waals surface area contributed by atoms with Crippen LogP contribution in [0.5, 0.6) is 0 Å². The molecule has 0 saturated heterocycles. The first-order valence-electron chi connectivity index (χ1n) is 12.0. The number of quaternary nitrogens is 1. The van der Waals surface area contributed by atoms with Gasteiger partial charge in [-0.25, -0.2) is 14.5 Å². The highest BCUT2D eigenvalue weighted by Crippen LogP contribution is 2.16. The first-order valence-corrected chi connectivity index (χ1v) is 12.4. The van der Waals surface area contributed by atoms with Crippen molar-refractivity contribution in [3.8, 4) is 0 Å². The van der Waals surface area contributed by atoms with Gasteiger partial charge in [0.15, 0.2) is 0 Å². The Labute approximate surface area is 211 Å². The number of benzene rings is 1. The molecule has 3 atom stereocenters. The number of alkyl halides is 1. The molecule has 0 aliphatic carbocycles. The topological polar surface area (TPSA) is 67.7 Å². The summed E-state index contributed by atoms with van der Waals surface area (Å²) >= 11 is 6.21. The van der Waals surface area contributed by atoms with Gasteiger partial charge in [0.05, 0.1) is 5.41 Å². The van der Waals surface area contributed by atoms with Crippen molar-refractivity contribution in [3.05, 3.63) is 30.3 Å². The minimum Gasteiger partial charge on any atom is -1.00 e. The molecule has 0 radical (unpaired) electrons. The minimum atomic E-state index is -0.687. The summed E-state index contributed by atoms with van der Waals surface area (Å²) in [6.45, 7) is 9.59. The van der Waals surface area contributed by atoms with E-state index in [4.69, 9.17) is 11.6 Å². The van der Waals surface area contributed by atoms with Crippen LogP contribution in [0.15, 0.2) is 30.3 Å². The number of hydrogen-bond donors (Lipinski definition) is 2. The molecule has 0 saturated carbocycles. The third-order valence-electron chi connectivity index (χ3n) is 5.58. The summed E-state index contributed by atoms with van der Waals surface area (Å²) in [6, 6.07) is 8.88. The van der Waals surface area contributed by atoms with Crippen LogP contribution >= 0.6 is 11.6 Å². The van der Waals surface area contributed by atoms with E-state index in [1.54, 1.807) is 12.1 Å². The molecule has 33 heavy (non-hydrogen) atoms. The third-order valence-corrected chi connectivity index (χ3v) is 5.80. The van der Waals surface area contributed by atoms with E-state index < -0.39 is 11.3 Å². The van der Waals surface area contributed by atoms with E-state index >= 15 is 0 Å². The number of nitrogens with one attached hydrogen (secondary N) is 2. The van der Waals surface area contributed by atoms with Gasteiger partial charge in [0, 0.05) is 23.9 Å². The van der Waals surface area contributed by atoms with Crippen LogP contribution < -0.4 is 22.6 Å². The molecular formula is C26H42Cl2N2O3. The number of carbonyl (C=O) groups excluding carboxylic acids is 3. The molecule has 7 heteroatoms. The SMILES string of the molecule is CCCCCCCC(CCC(C)Cl)[NH+](C(=O)CC(=O)Nc1ccccc1)C(=O)C(C)(C)C.[Cl-]. The van der Waals surface area contributed by atoms with Crippen molar-refractivity contribution in [2.45, 2.75) is 104 Å². The molecule has 1 rings (SSSR count). The molecule has 3 amide bonds. The number of carbonyl (C=O) groups is 3. The van der Waals surface area contributed by atoms with Crippen LogP contribution in [0.25, 0.3) is 0 Å². The predicted octanol–water partition coefficient (Wildman–Crippen LogP) is 2.14. The minimum absolute atomic E-state index is 0. The monoisotopic (exact) mass is 500 g/mol. The van der Waals surface area contributed by atoms with E-state index in [2.05, 4.69) is 12.2 Å². The van der Waals surface area contributed by atoms with E-state index in [1.807, 2.05) is 45.9 Å². The molecule has 5 nitrogen and oxygen atoms in total. The van der Waals surface area contributed by atoms with E-state index in [0.29, 0.717) is 17.0 Å². The van der Waals surface area contributed by atoms with Gasteiger partial charge in [-0.2, -0.15) is 0 Å². The molecule has 0 fully saturated rings. The lowest BCUT2D eigenvalue weighted by atomic mass is 9.91. The Morgan fingerprint density at radius 2 is 1.58 bits per heavy atom. The molecular weight excluding hydrogens is 459 g/mol. The Morgan fingerprint density at radius 3 is 2.12 bits per heavy atom. The van der Waals surface area contributed by atoms with Gasteiger partial charge in [-0.3, -0.25) is 4.79 Å². The van der Waals surface area contributed by atoms with Gasteiger partial charge >= 0.3 is 11.8 Å². The van der Waals surface area contributed by atoms with Gasteiger partial charge in [-0.1, -0.05) is 50.8 Å². The zero-order valence-electron chi connectivity index (χ0n) is 20.9. The maximum atomic E-state index is 13.3. The van der Waals surface area contributed by atoms with Crippen molar-refractivity contribution in [1.29, 1.82) is 0 Å². The molecule has 0 aliphatic rings. The van der Waals surface area contributed by atoms with E-state index in [1.165, 1.54) is 12.8 Å². The molecule has 3 unspecified atom stereocenters.